The van der Waals surface area contributed by atoms with Crippen molar-refractivity contribution in [3.05, 3.63) is 71.3 Å². The summed E-state index contributed by atoms with van der Waals surface area (Å²) in [4.78, 5) is 23.0. The number of methoxy groups -OCH3 is 1. The second-order valence-corrected chi connectivity index (χ2v) is 4.51. The second kappa shape index (κ2) is 7.24. The molecule has 0 fully saturated rings. The molecular formula is C17H16O4. The van der Waals surface area contributed by atoms with E-state index in [0.29, 0.717) is 5.56 Å². The highest BCUT2D eigenvalue weighted by Gasteiger charge is 2.07. The van der Waals surface area contributed by atoms with Gasteiger partial charge in [0, 0.05) is 0 Å². The Morgan fingerprint density at radius 1 is 0.905 bits per heavy atom. The highest BCUT2D eigenvalue weighted by Crippen LogP contribution is 2.08. The van der Waals surface area contributed by atoms with E-state index in [-0.39, 0.29) is 25.0 Å². The van der Waals surface area contributed by atoms with Gasteiger partial charge in [-0.3, -0.25) is 4.79 Å². The van der Waals surface area contributed by atoms with Crippen LogP contribution in [0.25, 0.3) is 0 Å². The SMILES string of the molecule is COC(=O)c1ccc(COC(=O)Cc2ccccc2)cc1. The summed E-state index contributed by atoms with van der Waals surface area (Å²) in [6.45, 7) is 0.188. The third-order valence-corrected chi connectivity index (χ3v) is 2.97. The Morgan fingerprint density at radius 3 is 2.19 bits per heavy atom. The third kappa shape index (κ3) is 4.45. The molecule has 0 radical (unpaired) electrons. The van der Waals surface area contributed by atoms with Crippen LogP contribution in [0.15, 0.2) is 54.6 Å². The molecule has 4 heteroatoms. The lowest BCUT2D eigenvalue weighted by Crippen LogP contribution is -2.08. The average Bonchev–Trinajstić information content (AvgIpc) is 2.53. The van der Waals surface area contributed by atoms with Crippen LogP contribution in [-0.2, 0) is 27.3 Å². The molecule has 2 aromatic carbocycles. The standard InChI is InChI=1S/C17H16O4/c1-20-17(19)15-9-7-14(8-10-15)12-21-16(18)11-13-5-3-2-4-6-13/h2-10H,11-12H2,1H3. The smallest absolute Gasteiger partial charge is 0.337 e. The van der Waals surface area contributed by atoms with Crippen molar-refractivity contribution in [2.75, 3.05) is 7.11 Å². The lowest BCUT2D eigenvalue weighted by Gasteiger charge is -2.06. The number of hydrogen-bond acceptors (Lipinski definition) is 4. The maximum absolute atomic E-state index is 11.7. The molecule has 0 aliphatic heterocycles. The summed E-state index contributed by atoms with van der Waals surface area (Å²) < 4.78 is 9.82. The number of ether oxygens (including phenoxy) is 2. The summed E-state index contributed by atoms with van der Waals surface area (Å²) in [5, 5.41) is 0. The maximum Gasteiger partial charge on any atom is 0.337 e. The Hall–Kier alpha value is -2.62. The molecule has 0 heterocycles. The van der Waals surface area contributed by atoms with Crippen LogP contribution in [0.1, 0.15) is 21.5 Å². The lowest BCUT2D eigenvalue weighted by molar-refractivity contribution is -0.144. The normalized spacial score (nSPS) is 9.95. The van der Waals surface area contributed by atoms with Crippen molar-refractivity contribution in [3.8, 4) is 0 Å². The van der Waals surface area contributed by atoms with E-state index in [4.69, 9.17) is 4.74 Å². The monoisotopic (exact) mass is 284 g/mol. The fourth-order valence-corrected chi connectivity index (χ4v) is 1.83. The topological polar surface area (TPSA) is 52.6 Å². The fraction of sp³-hybridized carbons (Fsp3) is 0.176. The summed E-state index contributed by atoms with van der Waals surface area (Å²) >= 11 is 0. The summed E-state index contributed by atoms with van der Waals surface area (Å²) in [6, 6.07) is 16.2. The number of esters is 2. The Kier molecular flexibility index (Phi) is 5.10. The zero-order chi connectivity index (χ0) is 15.1. The van der Waals surface area contributed by atoms with Gasteiger partial charge in [0.2, 0.25) is 0 Å². The molecule has 0 atom stereocenters. The van der Waals surface area contributed by atoms with E-state index in [0.717, 1.165) is 11.1 Å². The molecule has 21 heavy (non-hydrogen) atoms. The lowest BCUT2D eigenvalue weighted by atomic mass is 10.1. The van der Waals surface area contributed by atoms with Gasteiger partial charge in [-0.15, -0.1) is 0 Å². The van der Waals surface area contributed by atoms with Crippen LogP contribution in [-0.4, -0.2) is 19.0 Å². The first-order valence-electron chi connectivity index (χ1n) is 6.56. The zero-order valence-electron chi connectivity index (χ0n) is 11.7. The van der Waals surface area contributed by atoms with Crippen LogP contribution in [0.3, 0.4) is 0 Å². The van der Waals surface area contributed by atoms with Crippen LogP contribution < -0.4 is 0 Å². The van der Waals surface area contributed by atoms with Gasteiger partial charge in [-0.1, -0.05) is 42.5 Å². The minimum Gasteiger partial charge on any atom is -0.465 e. The van der Waals surface area contributed by atoms with Crippen LogP contribution >= 0.6 is 0 Å². The molecule has 0 N–H and O–H groups in total. The van der Waals surface area contributed by atoms with Gasteiger partial charge in [-0.05, 0) is 23.3 Å². The molecule has 0 bridgehead atoms. The van der Waals surface area contributed by atoms with Gasteiger partial charge in [0.25, 0.3) is 0 Å². The van der Waals surface area contributed by atoms with E-state index in [2.05, 4.69) is 4.74 Å². The van der Waals surface area contributed by atoms with Crippen molar-refractivity contribution in [2.45, 2.75) is 13.0 Å². The van der Waals surface area contributed by atoms with E-state index in [1.807, 2.05) is 30.3 Å². The van der Waals surface area contributed by atoms with Gasteiger partial charge in [-0.25, -0.2) is 4.79 Å². The molecule has 0 amide bonds. The van der Waals surface area contributed by atoms with Crippen molar-refractivity contribution >= 4 is 11.9 Å². The molecule has 2 rings (SSSR count). The number of carbonyl (C=O) groups is 2. The van der Waals surface area contributed by atoms with Crippen LogP contribution in [0, 0.1) is 0 Å². The van der Waals surface area contributed by atoms with Gasteiger partial charge in [0.1, 0.15) is 6.61 Å². The minimum atomic E-state index is -0.386. The maximum atomic E-state index is 11.7. The fourth-order valence-electron chi connectivity index (χ4n) is 1.83. The van der Waals surface area contributed by atoms with Crippen molar-refractivity contribution in [3.63, 3.8) is 0 Å². The average molecular weight is 284 g/mol. The van der Waals surface area contributed by atoms with E-state index in [1.54, 1.807) is 24.3 Å². The van der Waals surface area contributed by atoms with Gasteiger partial charge in [0.05, 0.1) is 19.1 Å². The van der Waals surface area contributed by atoms with Crippen LogP contribution in [0.5, 0.6) is 0 Å². The minimum absolute atomic E-state index is 0.188. The quantitative estimate of drug-likeness (QED) is 0.792. The summed E-state index contributed by atoms with van der Waals surface area (Å²) in [7, 11) is 1.33. The molecule has 0 aliphatic rings. The molecule has 0 aromatic heterocycles. The Labute approximate surface area is 123 Å². The molecule has 0 spiro atoms. The van der Waals surface area contributed by atoms with E-state index >= 15 is 0 Å². The van der Waals surface area contributed by atoms with Gasteiger partial charge >= 0.3 is 11.9 Å². The Balaban J connectivity index is 1.85. The van der Waals surface area contributed by atoms with Crippen LogP contribution in [0.4, 0.5) is 0 Å². The van der Waals surface area contributed by atoms with E-state index < -0.39 is 0 Å². The highest BCUT2D eigenvalue weighted by atomic mass is 16.5. The van der Waals surface area contributed by atoms with Gasteiger partial charge < -0.3 is 9.47 Å². The van der Waals surface area contributed by atoms with E-state index in [9.17, 15) is 9.59 Å². The number of rotatable bonds is 5. The molecular weight excluding hydrogens is 268 g/mol. The van der Waals surface area contributed by atoms with E-state index in [1.165, 1.54) is 7.11 Å². The van der Waals surface area contributed by atoms with Crippen molar-refractivity contribution in [1.82, 2.24) is 0 Å². The Bertz CT molecular complexity index is 602. The van der Waals surface area contributed by atoms with Crippen molar-refractivity contribution in [2.24, 2.45) is 0 Å². The highest BCUT2D eigenvalue weighted by molar-refractivity contribution is 5.89. The second-order valence-electron chi connectivity index (χ2n) is 4.51. The Morgan fingerprint density at radius 2 is 1.57 bits per heavy atom. The first kappa shape index (κ1) is 14.8. The summed E-state index contributed by atoms with van der Waals surface area (Å²) in [6.07, 6.45) is 0.251. The predicted octanol–water partition coefficient (Wildman–Crippen LogP) is 2.76. The summed E-state index contributed by atoms with van der Waals surface area (Å²) in [5.41, 5.74) is 2.21. The molecule has 0 unspecified atom stereocenters. The van der Waals surface area contributed by atoms with Crippen molar-refractivity contribution in [1.29, 1.82) is 0 Å². The molecule has 108 valence electrons. The third-order valence-electron chi connectivity index (χ3n) is 2.97. The molecule has 0 aliphatic carbocycles. The van der Waals surface area contributed by atoms with Crippen molar-refractivity contribution < 1.29 is 19.1 Å². The van der Waals surface area contributed by atoms with Crippen LogP contribution in [0.2, 0.25) is 0 Å². The van der Waals surface area contributed by atoms with Gasteiger partial charge in [-0.2, -0.15) is 0 Å². The molecule has 2 aromatic rings. The summed E-state index contributed by atoms with van der Waals surface area (Å²) in [5.74, 6) is -0.666. The van der Waals surface area contributed by atoms with Gasteiger partial charge in [0.15, 0.2) is 0 Å². The number of hydrogen-bond donors (Lipinski definition) is 0. The molecule has 0 saturated carbocycles. The number of carbonyl (C=O) groups excluding carboxylic acids is 2. The molecule has 4 nitrogen and oxygen atoms in total. The molecule has 0 saturated heterocycles. The first-order chi connectivity index (χ1) is 10.2. The predicted molar refractivity (Wildman–Crippen MR) is 77.7 cm³/mol. The zero-order valence-corrected chi connectivity index (χ0v) is 11.7. The first-order valence-corrected chi connectivity index (χ1v) is 6.56. The largest absolute Gasteiger partial charge is 0.465 e. The number of benzene rings is 2.